The van der Waals surface area contributed by atoms with E-state index < -0.39 is 0 Å². The quantitative estimate of drug-likeness (QED) is 0.485. The Morgan fingerprint density at radius 2 is 1.86 bits per heavy atom. The molecule has 0 aromatic carbocycles. The van der Waals surface area contributed by atoms with Gasteiger partial charge in [0, 0.05) is 0 Å². The Kier molecular flexibility index (Phi) is 8.64. The summed E-state index contributed by atoms with van der Waals surface area (Å²) in [5.74, 6) is 4.65. The average molecular weight is 201 g/mol. The van der Waals surface area contributed by atoms with Gasteiger partial charge in [-0.1, -0.05) is 46.0 Å². The van der Waals surface area contributed by atoms with Gasteiger partial charge in [0.25, 0.3) is 0 Å². The number of nitrogens with two attached hydrogens (primary N) is 1. The van der Waals surface area contributed by atoms with Gasteiger partial charge in [0.05, 0.1) is 5.92 Å². The standard InChI is InChI=1S/C11H23NO2/c1-3-5-6-7-9-10(8-4-2)11(13)14-12/h10H,3-9,12H2,1-2H3/t10-/m1/s1. The lowest BCUT2D eigenvalue weighted by Crippen LogP contribution is -2.20. The third-order valence-corrected chi connectivity index (χ3v) is 2.49. The Morgan fingerprint density at radius 1 is 1.14 bits per heavy atom. The summed E-state index contributed by atoms with van der Waals surface area (Å²) >= 11 is 0. The van der Waals surface area contributed by atoms with Crippen LogP contribution in [0.2, 0.25) is 0 Å². The Balaban J connectivity index is 3.67. The van der Waals surface area contributed by atoms with E-state index in [1.54, 1.807) is 0 Å². The fourth-order valence-electron chi connectivity index (χ4n) is 1.64. The smallest absolute Gasteiger partial charge is 0.327 e. The fourth-order valence-corrected chi connectivity index (χ4v) is 1.64. The van der Waals surface area contributed by atoms with E-state index in [1.165, 1.54) is 19.3 Å². The van der Waals surface area contributed by atoms with E-state index in [2.05, 4.69) is 18.7 Å². The highest BCUT2D eigenvalue weighted by molar-refractivity contribution is 5.71. The summed E-state index contributed by atoms with van der Waals surface area (Å²) in [6.45, 7) is 4.25. The van der Waals surface area contributed by atoms with Gasteiger partial charge in [-0.25, -0.2) is 0 Å². The SMILES string of the molecule is CCCCCC[C@@H](CCC)C(=O)ON. The van der Waals surface area contributed by atoms with Crippen LogP contribution in [0, 0.1) is 5.92 Å². The Bertz CT molecular complexity index is 148. The molecule has 0 radical (unpaired) electrons. The minimum Gasteiger partial charge on any atom is -0.373 e. The van der Waals surface area contributed by atoms with Crippen molar-refractivity contribution in [1.82, 2.24) is 0 Å². The van der Waals surface area contributed by atoms with Gasteiger partial charge in [-0.2, -0.15) is 5.90 Å². The van der Waals surface area contributed by atoms with Crippen LogP contribution < -0.4 is 5.90 Å². The maximum Gasteiger partial charge on any atom is 0.327 e. The van der Waals surface area contributed by atoms with Crippen molar-refractivity contribution >= 4 is 5.97 Å². The van der Waals surface area contributed by atoms with Crippen LogP contribution in [0.25, 0.3) is 0 Å². The highest BCUT2D eigenvalue weighted by atomic mass is 16.7. The molecule has 0 fully saturated rings. The van der Waals surface area contributed by atoms with Crippen LogP contribution in [-0.4, -0.2) is 5.97 Å². The van der Waals surface area contributed by atoms with Crippen molar-refractivity contribution in [3.63, 3.8) is 0 Å². The molecule has 84 valence electrons. The molecule has 3 nitrogen and oxygen atoms in total. The van der Waals surface area contributed by atoms with E-state index in [1.807, 2.05) is 0 Å². The Hall–Kier alpha value is -0.570. The monoisotopic (exact) mass is 201 g/mol. The molecule has 0 spiro atoms. The van der Waals surface area contributed by atoms with Gasteiger partial charge < -0.3 is 4.84 Å². The summed E-state index contributed by atoms with van der Waals surface area (Å²) in [5, 5.41) is 0. The Labute approximate surface area is 87.0 Å². The molecule has 0 aliphatic carbocycles. The average Bonchev–Trinajstić information content (AvgIpc) is 2.21. The van der Waals surface area contributed by atoms with Crippen molar-refractivity contribution in [2.24, 2.45) is 11.8 Å². The fraction of sp³-hybridized carbons (Fsp3) is 0.909. The first-order valence-corrected chi connectivity index (χ1v) is 5.66. The Morgan fingerprint density at radius 3 is 2.36 bits per heavy atom. The topological polar surface area (TPSA) is 52.3 Å². The molecule has 0 heterocycles. The van der Waals surface area contributed by atoms with E-state index in [-0.39, 0.29) is 11.9 Å². The van der Waals surface area contributed by atoms with E-state index in [0.717, 1.165) is 25.7 Å². The van der Waals surface area contributed by atoms with E-state index in [9.17, 15) is 4.79 Å². The summed E-state index contributed by atoms with van der Waals surface area (Å²) in [7, 11) is 0. The largest absolute Gasteiger partial charge is 0.373 e. The van der Waals surface area contributed by atoms with Gasteiger partial charge in [-0.3, -0.25) is 4.79 Å². The first kappa shape index (κ1) is 13.4. The number of hydrogen-bond donors (Lipinski definition) is 1. The summed E-state index contributed by atoms with van der Waals surface area (Å²) in [4.78, 5) is 15.5. The molecule has 0 aliphatic heterocycles. The maximum atomic E-state index is 11.2. The molecule has 0 rings (SSSR count). The summed E-state index contributed by atoms with van der Waals surface area (Å²) in [6.07, 6.45) is 7.60. The van der Waals surface area contributed by atoms with Crippen molar-refractivity contribution in [2.75, 3.05) is 0 Å². The number of hydrogen-bond acceptors (Lipinski definition) is 3. The highest BCUT2D eigenvalue weighted by Crippen LogP contribution is 2.17. The number of carbonyl (C=O) groups is 1. The molecule has 0 aromatic heterocycles. The van der Waals surface area contributed by atoms with Crippen molar-refractivity contribution in [3.8, 4) is 0 Å². The van der Waals surface area contributed by atoms with Gasteiger partial charge in [0.1, 0.15) is 0 Å². The minimum atomic E-state index is -0.247. The molecule has 14 heavy (non-hydrogen) atoms. The molecule has 0 saturated carbocycles. The lowest BCUT2D eigenvalue weighted by molar-refractivity contribution is -0.149. The second-order valence-corrected chi connectivity index (χ2v) is 3.77. The summed E-state index contributed by atoms with van der Waals surface area (Å²) < 4.78 is 0. The molecule has 2 N–H and O–H groups in total. The van der Waals surface area contributed by atoms with Crippen LogP contribution in [0.5, 0.6) is 0 Å². The zero-order valence-electron chi connectivity index (χ0n) is 9.42. The lowest BCUT2D eigenvalue weighted by atomic mass is 9.96. The van der Waals surface area contributed by atoms with Gasteiger partial charge in [0.2, 0.25) is 0 Å². The molecule has 0 saturated heterocycles. The number of unbranched alkanes of at least 4 members (excludes halogenated alkanes) is 3. The van der Waals surface area contributed by atoms with Crippen LogP contribution in [0.4, 0.5) is 0 Å². The van der Waals surface area contributed by atoms with Crippen LogP contribution >= 0.6 is 0 Å². The van der Waals surface area contributed by atoms with Crippen molar-refractivity contribution in [3.05, 3.63) is 0 Å². The molecule has 0 bridgehead atoms. The zero-order valence-corrected chi connectivity index (χ0v) is 9.42. The number of carbonyl (C=O) groups excluding carboxylic acids is 1. The molecule has 0 aromatic rings. The molecule has 0 unspecified atom stereocenters. The summed E-state index contributed by atoms with van der Waals surface area (Å²) in [6, 6.07) is 0. The van der Waals surface area contributed by atoms with Gasteiger partial charge in [-0.05, 0) is 12.8 Å². The second kappa shape index (κ2) is 9.00. The van der Waals surface area contributed by atoms with Gasteiger partial charge in [0.15, 0.2) is 0 Å². The summed E-state index contributed by atoms with van der Waals surface area (Å²) in [5.41, 5.74) is 0. The van der Waals surface area contributed by atoms with Crippen LogP contribution in [0.1, 0.15) is 58.8 Å². The van der Waals surface area contributed by atoms with Crippen LogP contribution in [-0.2, 0) is 9.63 Å². The molecule has 0 amide bonds. The molecule has 3 heteroatoms. The first-order valence-electron chi connectivity index (χ1n) is 5.66. The molecular formula is C11H23NO2. The molecule has 0 aliphatic rings. The normalized spacial score (nSPS) is 12.5. The molecular weight excluding hydrogens is 178 g/mol. The predicted molar refractivity (Wildman–Crippen MR) is 57.4 cm³/mol. The highest BCUT2D eigenvalue weighted by Gasteiger charge is 2.17. The lowest BCUT2D eigenvalue weighted by Gasteiger charge is -2.12. The second-order valence-electron chi connectivity index (χ2n) is 3.77. The predicted octanol–water partition coefficient (Wildman–Crippen LogP) is 2.79. The molecule has 1 atom stereocenters. The van der Waals surface area contributed by atoms with E-state index in [4.69, 9.17) is 5.90 Å². The third kappa shape index (κ3) is 5.97. The first-order chi connectivity index (χ1) is 6.76. The zero-order chi connectivity index (χ0) is 10.8. The van der Waals surface area contributed by atoms with Crippen molar-refractivity contribution in [2.45, 2.75) is 58.8 Å². The van der Waals surface area contributed by atoms with E-state index in [0.29, 0.717) is 0 Å². The maximum absolute atomic E-state index is 11.2. The van der Waals surface area contributed by atoms with Crippen molar-refractivity contribution in [1.29, 1.82) is 0 Å². The minimum absolute atomic E-state index is 0.0156. The van der Waals surface area contributed by atoms with Gasteiger partial charge >= 0.3 is 5.97 Å². The number of rotatable bonds is 8. The van der Waals surface area contributed by atoms with Crippen LogP contribution in [0.3, 0.4) is 0 Å². The van der Waals surface area contributed by atoms with Gasteiger partial charge in [-0.15, -0.1) is 0 Å². The van der Waals surface area contributed by atoms with Crippen molar-refractivity contribution < 1.29 is 9.63 Å². The van der Waals surface area contributed by atoms with Crippen LogP contribution in [0.15, 0.2) is 0 Å². The van der Waals surface area contributed by atoms with E-state index >= 15 is 0 Å². The third-order valence-electron chi connectivity index (χ3n) is 2.49.